The molecular formula is C16H27N5O8. The molecular weight excluding hydrogens is 390 g/mol. The Morgan fingerprint density at radius 3 is 2.28 bits per heavy atom. The van der Waals surface area contributed by atoms with Crippen molar-refractivity contribution < 1.29 is 39.3 Å². The Bertz CT molecular complexity index is 655. The highest BCUT2D eigenvalue weighted by molar-refractivity contribution is 5.96. The highest BCUT2D eigenvalue weighted by atomic mass is 16.4. The van der Waals surface area contributed by atoms with Gasteiger partial charge in [-0.05, 0) is 19.8 Å². The zero-order valence-corrected chi connectivity index (χ0v) is 15.9. The van der Waals surface area contributed by atoms with Gasteiger partial charge in [-0.25, -0.2) is 4.79 Å². The Morgan fingerprint density at radius 1 is 1.17 bits per heavy atom. The summed E-state index contributed by atoms with van der Waals surface area (Å²) in [5.74, 6) is -4.88. The molecule has 5 unspecified atom stereocenters. The molecule has 5 atom stereocenters. The largest absolute Gasteiger partial charge is 0.480 e. The summed E-state index contributed by atoms with van der Waals surface area (Å²) in [6, 6.07) is -5.46. The molecule has 4 amide bonds. The van der Waals surface area contributed by atoms with Crippen molar-refractivity contribution in [2.24, 2.45) is 11.5 Å². The number of aliphatic carboxylic acids is 1. The van der Waals surface area contributed by atoms with Crippen molar-refractivity contribution in [2.45, 2.75) is 56.5 Å². The molecule has 0 aliphatic carbocycles. The summed E-state index contributed by atoms with van der Waals surface area (Å²) in [6.07, 6.45) is -1.35. The van der Waals surface area contributed by atoms with Crippen LogP contribution < -0.4 is 22.1 Å². The van der Waals surface area contributed by atoms with E-state index < -0.39 is 72.9 Å². The summed E-state index contributed by atoms with van der Waals surface area (Å²) in [4.78, 5) is 60.8. The second-order valence-electron chi connectivity index (χ2n) is 6.78. The number of aliphatic hydroxyl groups excluding tert-OH is 2. The Balaban J connectivity index is 2.98. The number of hydrogen-bond donors (Lipinski definition) is 7. The minimum absolute atomic E-state index is 0.128. The van der Waals surface area contributed by atoms with Crippen LogP contribution in [0.15, 0.2) is 0 Å². The van der Waals surface area contributed by atoms with E-state index >= 15 is 0 Å². The molecule has 0 saturated carbocycles. The first-order chi connectivity index (χ1) is 13.5. The van der Waals surface area contributed by atoms with Crippen LogP contribution in [0.3, 0.4) is 0 Å². The van der Waals surface area contributed by atoms with Gasteiger partial charge < -0.3 is 42.3 Å². The lowest BCUT2D eigenvalue weighted by atomic mass is 10.1. The monoisotopic (exact) mass is 417 g/mol. The quantitative estimate of drug-likeness (QED) is 0.182. The summed E-state index contributed by atoms with van der Waals surface area (Å²) in [5.41, 5.74) is 10.5. The average molecular weight is 417 g/mol. The minimum Gasteiger partial charge on any atom is -0.480 e. The standard InChI is InChI=1S/C16H27N5O8/c1-7(23)12(20-13(25)8(17)6-22)14(26)19-9(5-11(18)24)15(27)21-4-2-3-10(21)16(28)29/h7-10,12,22-23H,2-6,17H2,1H3,(H2,18,24)(H,19,26)(H,20,25)(H,28,29). The molecule has 0 bridgehead atoms. The average Bonchev–Trinajstić information content (AvgIpc) is 3.13. The highest BCUT2D eigenvalue weighted by Crippen LogP contribution is 2.19. The molecule has 0 radical (unpaired) electrons. The number of carbonyl (C=O) groups is 5. The molecule has 0 aromatic carbocycles. The van der Waals surface area contributed by atoms with Crippen LogP contribution in [0.1, 0.15) is 26.2 Å². The van der Waals surface area contributed by atoms with E-state index in [2.05, 4.69) is 10.6 Å². The molecule has 1 aliphatic rings. The van der Waals surface area contributed by atoms with Gasteiger partial charge in [-0.2, -0.15) is 0 Å². The van der Waals surface area contributed by atoms with Crippen LogP contribution in [0.25, 0.3) is 0 Å². The molecule has 13 heteroatoms. The second-order valence-corrected chi connectivity index (χ2v) is 6.78. The van der Waals surface area contributed by atoms with Gasteiger partial charge in [-0.1, -0.05) is 0 Å². The number of nitrogens with two attached hydrogens (primary N) is 2. The molecule has 0 aromatic heterocycles. The van der Waals surface area contributed by atoms with Crippen LogP contribution in [0.2, 0.25) is 0 Å². The summed E-state index contributed by atoms with van der Waals surface area (Å²) in [6.45, 7) is 0.623. The van der Waals surface area contributed by atoms with Gasteiger partial charge in [0.05, 0.1) is 19.1 Å². The number of likely N-dealkylation sites (tertiary alicyclic amines) is 1. The molecule has 1 saturated heterocycles. The number of nitrogens with zero attached hydrogens (tertiary/aromatic N) is 1. The molecule has 0 spiro atoms. The van der Waals surface area contributed by atoms with Crippen molar-refractivity contribution in [3.63, 3.8) is 0 Å². The van der Waals surface area contributed by atoms with Crippen molar-refractivity contribution in [1.29, 1.82) is 0 Å². The van der Waals surface area contributed by atoms with Gasteiger partial charge in [0.1, 0.15) is 24.2 Å². The molecule has 0 aromatic rings. The van der Waals surface area contributed by atoms with Crippen LogP contribution in [0.4, 0.5) is 0 Å². The number of carbonyl (C=O) groups excluding carboxylic acids is 4. The van der Waals surface area contributed by atoms with E-state index in [-0.39, 0.29) is 13.0 Å². The molecule has 164 valence electrons. The maximum atomic E-state index is 12.7. The molecule has 13 nitrogen and oxygen atoms in total. The maximum Gasteiger partial charge on any atom is 0.326 e. The van der Waals surface area contributed by atoms with Crippen LogP contribution in [0, 0.1) is 0 Å². The van der Waals surface area contributed by atoms with E-state index in [1.807, 2.05) is 0 Å². The third kappa shape index (κ3) is 6.66. The highest BCUT2D eigenvalue weighted by Gasteiger charge is 2.39. The second kappa shape index (κ2) is 10.7. The molecule has 9 N–H and O–H groups in total. The molecule has 1 fully saturated rings. The molecule has 29 heavy (non-hydrogen) atoms. The predicted octanol–water partition coefficient (Wildman–Crippen LogP) is -4.39. The van der Waals surface area contributed by atoms with Gasteiger partial charge in [0.25, 0.3) is 0 Å². The molecule has 1 rings (SSSR count). The fourth-order valence-corrected chi connectivity index (χ4v) is 2.90. The van der Waals surface area contributed by atoms with Gasteiger partial charge in [0.2, 0.25) is 23.6 Å². The van der Waals surface area contributed by atoms with Crippen molar-refractivity contribution >= 4 is 29.6 Å². The summed E-state index contributed by atoms with van der Waals surface area (Å²) < 4.78 is 0. The van der Waals surface area contributed by atoms with Crippen molar-refractivity contribution in [2.75, 3.05) is 13.2 Å². The van der Waals surface area contributed by atoms with Gasteiger partial charge in [0, 0.05) is 6.54 Å². The number of carboxylic acid groups (broad SMARTS) is 1. The van der Waals surface area contributed by atoms with E-state index in [4.69, 9.17) is 16.6 Å². The van der Waals surface area contributed by atoms with Gasteiger partial charge in [-0.3, -0.25) is 19.2 Å². The number of carboxylic acids is 1. The zero-order valence-electron chi connectivity index (χ0n) is 15.9. The fourth-order valence-electron chi connectivity index (χ4n) is 2.90. The first kappa shape index (κ1) is 24.3. The van der Waals surface area contributed by atoms with Gasteiger partial charge in [-0.15, -0.1) is 0 Å². The van der Waals surface area contributed by atoms with Crippen LogP contribution in [-0.2, 0) is 24.0 Å². The van der Waals surface area contributed by atoms with Crippen LogP contribution in [0.5, 0.6) is 0 Å². The van der Waals surface area contributed by atoms with Crippen molar-refractivity contribution in [3.8, 4) is 0 Å². The number of amides is 4. The SMILES string of the molecule is CC(O)C(NC(=O)C(N)CO)C(=O)NC(CC(N)=O)C(=O)N1CCCC1C(=O)O. The van der Waals surface area contributed by atoms with E-state index in [1.54, 1.807) is 0 Å². The third-order valence-electron chi connectivity index (χ3n) is 4.44. The maximum absolute atomic E-state index is 12.7. The number of nitrogens with one attached hydrogen (secondary N) is 2. The lowest BCUT2D eigenvalue weighted by molar-refractivity contribution is -0.150. The fraction of sp³-hybridized carbons (Fsp3) is 0.688. The van der Waals surface area contributed by atoms with Gasteiger partial charge in [0.15, 0.2) is 0 Å². The minimum atomic E-state index is -1.54. The number of aliphatic hydroxyl groups is 2. The normalized spacial score (nSPS) is 20.3. The summed E-state index contributed by atoms with van der Waals surface area (Å²) >= 11 is 0. The lowest BCUT2D eigenvalue weighted by Crippen LogP contribution is -2.60. The van der Waals surface area contributed by atoms with E-state index in [0.717, 1.165) is 4.90 Å². The number of rotatable bonds is 10. The van der Waals surface area contributed by atoms with Gasteiger partial charge >= 0.3 is 5.97 Å². The first-order valence-electron chi connectivity index (χ1n) is 8.96. The lowest BCUT2D eigenvalue weighted by Gasteiger charge is -2.29. The zero-order chi connectivity index (χ0) is 22.3. The van der Waals surface area contributed by atoms with E-state index in [1.165, 1.54) is 6.92 Å². The number of primary amides is 1. The third-order valence-corrected chi connectivity index (χ3v) is 4.44. The Labute approximate surface area is 166 Å². The van der Waals surface area contributed by atoms with Crippen LogP contribution in [-0.4, -0.2) is 93.2 Å². The Morgan fingerprint density at radius 2 is 1.79 bits per heavy atom. The Kier molecular flexibility index (Phi) is 8.94. The smallest absolute Gasteiger partial charge is 0.326 e. The van der Waals surface area contributed by atoms with E-state index in [0.29, 0.717) is 6.42 Å². The first-order valence-corrected chi connectivity index (χ1v) is 8.96. The molecule has 1 heterocycles. The predicted molar refractivity (Wildman–Crippen MR) is 96.8 cm³/mol. The van der Waals surface area contributed by atoms with Crippen LogP contribution >= 0.6 is 0 Å². The summed E-state index contributed by atoms with van der Waals surface area (Å²) in [7, 11) is 0. The van der Waals surface area contributed by atoms with Crippen molar-refractivity contribution in [3.05, 3.63) is 0 Å². The summed E-state index contributed by atoms with van der Waals surface area (Å²) in [5, 5.41) is 32.3. The Hall–Kier alpha value is -2.77. The topological polar surface area (TPSA) is 225 Å². The van der Waals surface area contributed by atoms with E-state index in [9.17, 15) is 34.2 Å². The van der Waals surface area contributed by atoms with Crippen molar-refractivity contribution in [1.82, 2.24) is 15.5 Å². The molecule has 1 aliphatic heterocycles. The number of hydrogen-bond acceptors (Lipinski definition) is 8.